The third-order valence-corrected chi connectivity index (χ3v) is 4.44. The molecule has 5 nitrogen and oxygen atoms in total. The van der Waals surface area contributed by atoms with Crippen LogP contribution in [-0.4, -0.2) is 20.4 Å². The summed E-state index contributed by atoms with van der Waals surface area (Å²) < 4.78 is 21.8. The number of rotatable bonds is 6. The largest absolute Gasteiger partial charge is 0.519 e. The molecule has 2 aromatic rings. The molecule has 0 heterocycles. The van der Waals surface area contributed by atoms with Gasteiger partial charge in [0.15, 0.2) is 0 Å². The number of methoxy groups -OCH3 is 2. The van der Waals surface area contributed by atoms with Gasteiger partial charge < -0.3 is 18.9 Å². The van der Waals surface area contributed by atoms with E-state index in [2.05, 4.69) is 0 Å². The van der Waals surface area contributed by atoms with Gasteiger partial charge in [-0.2, -0.15) is 0 Å². The maximum Gasteiger partial charge on any atom is 0.519 e. The van der Waals surface area contributed by atoms with Gasteiger partial charge in [0.25, 0.3) is 0 Å². The number of para-hydroxylation sites is 2. The number of benzene rings is 2. The highest BCUT2D eigenvalue weighted by molar-refractivity contribution is 5.69. The van der Waals surface area contributed by atoms with Crippen molar-refractivity contribution in [2.45, 2.75) is 39.9 Å². The minimum Gasteiger partial charge on any atom is -0.394 e. The summed E-state index contributed by atoms with van der Waals surface area (Å²) in [6.45, 7) is 7.54. The highest BCUT2D eigenvalue weighted by Gasteiger charge is 2.21. The third kappa shape index (κ3) is 4.42. The van der Waals surface area contributed by atoms with E-state index in [1.54, 1.807) is 14.2 Å². The molecule has 0 aliphatic rings. The SMILES string of the molecule is COC(C)c1cccc(C)c1OC(=O)Oc1c(C)cccc1C(C)OC. The van der Waals surface area contributed by atoms with Gasteiger partial charge in [-0.3, -0.25) is 0 Å². The summed E-state index contributed by atoms with van der Waals surface area (Å²) in [6.07, 6.45) is -1.21. The Hall–Kier alpha value is -2.37. The van der Waals surface area contributed by atoms with Crippen molar-refractivity contribution < 1.29 is 23.7 Å². The van der Waals surface area contributed by atoms with Crippen LogP contribution in [0.3, 0.4) is 0 Å². The van der Waals surface area contributed by atoms with Crippen LogP contribution >= 0.6 is 0 Å². The van der Waals surface area contributed by atoms with Gasteiger partial charge in [-0.15, -0.1) is 0 Å². The molecule has 0 bridgehead atoms. The van der Waals surface area contributed by atoms with Crippen molar-refractivity contribution in [3.63, 3.8) is 0 Å². The van der Waals surface area contributed by atoms with Gasteiger partial charge in [-0.1, -0.05) is 36.4 Å². The summed E-state index contributed by atoms with van der Waals surface area (Å²) >= 11 is 0. The summed E-state index contributed by atoms with van der Waals surface area (Å²) in [5.41, 5.74) is 3.25. The second-order valence-electron chi connectivity index (χ2n) is 6.20. The Morgan fingerprint density at radius 1 is 0.769 bits per heavy atom. The van der Waals surface area contributed by atoms with E-state index in [0.29, 0.717) is 11.5 Å². The minimum atomic E-state index is -0.789. The molecule has 0 spiro atoms. The van der Waals surface area contributed by atoms with E-state index in [9.17, 15) is 4.79 Å². The van der Waals surface area contributed by atoms with Gasteiger partial charge in [-0.25, -0.2) is 4.79 Å². The van der Waals surface area contributed by atoms with E-state index >= 15 is 0 Å². The number of carbonyl (C=O) groups excluding carboxylic acids is 1. The first-order chi connectivity index (χ1) is 12.4. The zero-order chi connectivity index (χ0) is 19.3. The van der Waals surface area contributed by atoms with Crippen molar-refractivity contribution in [3.05, 3.63) is 58.7 Å². The lowest BCUT2D eigenvalue weighted by molar-refractivity contribution is 0.110. The molecule has 0 aromatic heterocycles. The fourth-order valence-electron chi connectivity index (χ4n) is 2.71. The van der Waals surface area contributed by atoms with E-state index in [0.717, 1.165) is 22.3 Å². The Morgan fingerprint density at radius 2 is 1.15 bits per heavy atom. The van der Waals surface area contributed by atoms with Gasteiger partial charge in [0.2, 0.25) is 0 Å². The first-order valence-electron chi connectivity index (χ1n) is 8.53. The lowest BCUT2D eigenvalue weighted by Gasteiger charge is -2.19. The Morgan fingerprint density at radius 3 is 1.50 bits per heavy atom. The topological polar surface area (TPSA) is 54.0 Å². The molecule has 26 heavy (non-hydrogen) atoms. The molecule has 0 fully saturated rings. The molecule has 140 valence electrons. The minimum absolute atomic E-state index is 0.208. The van der Waals surface area contributed by atoms with Crippen LogP contribution in [0.1, 0.15) is 48.3 Å². The van der Waals surface area contributed by atoms with E-state index in [1.807, 2.05) is 64.1 Å². The standard InChI is InChI=1S/C21H26O5/c1-13-9-7-11-17(15(3)23-5)19(13)25-21(22)26-20-14(2)10-8-12-18(20)16(4)24-6/h7-12,15-16H,1-6H3. The highest BCUT2D eigenvalue weighted by Crippen LogP contribution is 2.33. The molecule has 2 rings (SSSR count). The van der Waals surface area contributed by atoms with Crippen LogP contribution in [0.5, 0.6) is 11.5 Å². The van der Waals surface area contributed by atoms with Crippen molar-refractivity contribution >= 4 is 6.16 Å². The quantitative estimate of drug-likeness (QED) is 0.518. The van der Waals surface area contributed by atoms with Gasteiger partial charge in [0.1, 0.15) is 11.5 Å². The Kier molecular flexibility index (Phi) is 6.77. The van der Waals surface area contributed by atoms with Gasteiger partial charge >= 0.3 is 6.16 Å². The van der Waals surface area contributed by atoms with E-state index in [1.165, 1.54) is 0 Å². The van der Waals surface area contributed by atoms with Crippen molar-refractivity contribution in [3.8, 4) is 11.5 Å². The third-order valence-electron chi connectivity index (χ3n) is 4.44. The number of ether oxygens (including phenoxy) is 4. The summed E-state index contributed by atoms with van der Waals surface area (Å²) in [5, 5.41) is 0. The molecule has 0 radical (unpaired) electrons. The molecule has 2 unspecified atom stereocenters. The lowest BCUT2D eigenvalue weighted by atomic mass is 10.1. The normalized spacial score (nSPS) is 13.2. The zero-order valence-electron chi connectivity index (χ0n) is 16.2. The predicted octanol–water partition coefficient (Wildman–Crippen LogP) is 5.30. The molecule has 2 aromatic carbocycles. The van der Waals surface area contributed by atoms with Gasteiger partial charge in [-0.05, 0) is 38.8 Å². The Balaban J connectivity index is 2.29. The van der Waals surface area contributed by atoms with Crippen molar-refractivity contribution in [1.82, 2.24) is 0 Å². The fourth-order valence-corrected chi connectivity index (χ4v) is 2.71. The van der Waals surface area contributed by atoms with Crippen LogP contribution in [0.15, 0.2) is 36.4 Å². The molecule has 0 aliphatic heterocycles. The molecule has 2 atom stereocenters. The van der Waals surface area contributed by atoms with Crippen molar-refractivity contribution in [2.75, 3.05) is 14.2 Å². The molecule has 0 aliphatic carbocycles. The molecular weight excluding hydrogens is 332 g/mol. The zero-order valence-corrected chi connectivity index (χ0v) is 16.2. The Labute approximate surface area is 154 Å². The van der Waals surface area contributed by atoms with Crippen LogP contribution < -0.4 is 9.47 Å². The van der Waals surface area contributed by atoms with Crippen LogP contribution in [0.4, 0.5) is 4.79 Å². The average Bonchev–Trinajstić information content (AvgIpc) is 2.63. The van der Waals surface area contributed by atoms with Crippen molar-refractivity contribution in [1.29, 1.82) is 0 Å². The molecule has 0 saturated heterocycles. The highest BCUT2D eigenvalue weighted by atomic mass is 16.7. The molecule has 5 heteroatoms. The predicted molar refractivity (Wildman–Crippen MR) is 99.9 cm³/mol. The molecule has 0 N–H and O–H groups in total. The number of carbonyl (C=O) groups is 1. The molecular formula is C21H26O5. The number of hydrogen-bond donors (Lipinski definition) is 0. The first-order valence-corrected chi connectivity index (χ1v) is 8.53. The number of hydrogen-bond acceptors (Lipinski definition) is 5. The van der Waals surface area contributed by atoms with Gasteiger partial charge in [0.05, 0.1) is 12.2 Å². The Bertz CT molecular complexity index is 705. The van der Waals surface area contributed by atoms with Gasteiger partial charge in [0, 0.05) is 25.3 Å². The summed E-state index contributed by atoms with van der Waals surface area (Å²) in [6, 6.07) is 11.3. The monoisotopic (exact) mass is 358 g/mol. The molecule has 0 saturated carbocycles. The van der Waals surface area contributed by atoms with E-state index in [4.69, 9.17) is 18.9 Å². The summed E-state index contributed by atoms with van der Waals surface area (Å²) in [5.74, 6) is 0.920. The van der Waals surface area contributed by atoms with Crippen molar-refractivity contribution in [2.24, 2.45) is 0 Å². The van der Waals surface area contributed by atoms with Crippen LogP contribution in [0, 0.1) is 13.8 Å². The van der Waals surface area contributed by atoms with Crippen LogP contribution in [0.25, 0.3) is 0 Å². The summed E-state index contributed by atoms with van der Waals surface area (Å²) in [4.78, 5) is 12.5. The van der Waals surface area contributed by atoms with E-state index < -0.39 is 6.16 Å². The lowest BCUT2D eigenvalue weighted by Crippen LogP contribution is -2.18. The van der Waals surface area contributed by atoms with Crippen LogP contribution in [-0.2, 0) is 9.47 Å². The van der Waals surface area contributed by atoms with Crippen LogP contribution in [0.2, 0.25) is 0 Å². The summed E-state index contributed by atoms with van der Waals surface area (Å²) in [7, 11) is 3.22. The average molecular weight is 358 g/mol. The maximum atomic E-state index is 12.5. The second kappa shape index (κ2) is 8.83. The fraction of sp³-hybridized carbons (Fsp3) is 0.381. The molecule has 0 amide bonds. The maximum absolute atomic E-state index is 12.5. The first kappa shape index (κ1) is 19.9. The second-order valence-corrected chi connectivity index (χ2v) is 6.20. The smallest absolute Gasteiger partial charge is 0.394 e. The number of aryl methyl sites for hydroxylation is 2. The van der Waals surface area contributed by atoms with E-state index in [-0.39, 0.29) is 12.2 Å².